The Morgan fingerprint density at radius 3 is 2.80 bits per heavy atom. The van der Waals surface area contributed by atoms with Gasteiger partial charge in [0.25, 0.3) is 0 Å². The zero-order valence-electron chi connectivity index (χ0n) is 12.3. The Hall–Kier alpha value is -0.600. The summed E-state index contributed by atoms with van der Waals surface area (Å²) >= 11 is 6.18. The third kappa shape index (κ3) is 4.46. The molecular weight excluding hydrogens is 273 g/mol. The summed E-state index contributed by atoms with van der Waals surface area (Å²) in [5.41, 5.74) is 1.09. The van der Waals surface area contributed by atoms with Crippen molar-refractivity contribution in [1.82, 2.24) is 5.32 Å². The quantitative estimate of drug-likeness (QED) is 0.757. The summed E-state index contributed by atoms with van der Waals surface area (Å²) in [6.45, 7) is 3.29. The van der Waals surface area contributed by atoms with Gasteiger partial charge in [0, 0.05) is 11.1 Å². The maximum absolute atomic E-state index is 13.1. The predicted molar refractivity (Wildman–Crippen MR) is 83.8 cm³/mol. The van der Waals surface area contributed by atoms with Crippen LogP contribution in [0.25, 0.3) is 0 Å². The highest BCUT2D eigenvalue weighted by atomic mass is 35.5. The molecule has 1 aliphatic carbocycles. The van der Waals surface area contributed by atoms with Gasteiger partial charge >= 0.3 is 0 Å². The van der Waals surface area contributed by atoms with E-state index in [0.717, 1.165) is 18.5 Å². The number of benzene rings is 1. The first kappa shape index (κ1) is 15.8. The molecule has 2 unspecified atom stereocenters. The van der Waals surface area contributed by atoms with Gasteiger partial charge in [-0.25, -0.2) is 4.39 Å². The SMILES string of the molecule is CCCNC1CCCCCC1Cc1ccc(F)cc1Cl. The second-order valence-corrected chi connectivity index (χ2v) is 6.31. The minimum absolute atomic E-state index is 0.250. The second kappa shape index (κ2) is 7.99. The number of halogens is 2. The van der Waals surface area contributed by atoms with E-state index in [2.05, 4.69) is 12.2 Å². The van der Waals surface area contributed by atoms with E-state index in [0.29, 0.717) is 17.0 Å². The fourth-order valence-electron chi connectivity index (χ4n) is 3.20. The molecule has 1 fully saturated rings. The van der Waals surface area contributed by atoms with Crippen LogP contribution < -0.4 is 5.32 Å². The Bertz CT molecular complexity index is 421. The topological polar surface area (TPSA) is 12.0 Å². The van der Waals surface area contributed by atoms with Crippen molar-refractivity contribution in [3.63, 3.8) is 0 Å². The summed E-state index contributed by atoms with van der Waals surface area (Å²) < 4.78 is 13.1. The monoisotopic (exact) mass is 297 g/mol. The minimum atomic E-state index is -0.250. The van der Waals surface area contributed by atoms with Gasteiger partial charge < -0.3 is 5.32 Å². The Morgan fingerprint density at radius 1 is 1.25 bits per heavy atom. The predicted octanol–water partition coefficient (Wildman–Crippen LogP) is 4.97. The Labute approximate surface area is 126 Å². The standard InChI is InChI=1S/C17H25ClFN/c1-2-10-20-17-7-5-3-4-6-14(17)11-13-8-9-15(19)12-16(13)18/h8-9,12,14,17,20H,2-7,10-11H2,1H3. The zero-order chi connectivity index (χ0) is 14.4. The normalized spacial score (nSPS) is 23.6. The maximum Gasteiger partial charge on any atom is 0.124 e. The van der Waals surface area contributed by atoms with E-state index in [-0.39, 0.29) is 5.82 Å². The lowest BCUT2D eigenvalue weighted by molar-refractivity contribution is 0.332. The van der Waals surface area contributed by atoms with Gasteiger partial charge in [-0.2, -0.15) is 0 Å². The number of hydrogen-bond acceptors (Lipinski definition) is 1. The molecule has 0 bridgehead atoms. The van der Waals surface area contributed by atoms with Crippen molar-refractivity contribution >= 4 is 11.6 Å². The molecule has 0 amide bonds. The summed E-state index contributed by atoms with van der Waals surface area (Å²) in [7, 11) is 0. The molecule has 1 aromatic carbocycles. The van der Waals surface area contributed by atoms with Crippen LogP contribution in [-0.4, -0.2) is 12.6 Å². The summed E-state index contributed by atoms with van der Waals surface area (Å²) in [5, 5.41) is 4.27. The van der Waals surface area contributed by atoms with Crippen molar-refractivity contribution in [2.24, 2.45) is 5.92 Å². The van der Waals surface area contributed by atoms with Gasteiger partial charge in [-0.3, -0.25) is 0 Å². The third-order valence-electron chi connectivity index (χ3n) is 4.31. The Kier molecular flexibility index (Phi) is 6.31. The molecule has 3 heteroatoms. The minimum Gasteiger partial charge on any atom is -0.314 e. The largest absolute Gasteiger partial charge is 0.314 e. The van der Waals surface area contributed by atoms with Crippen molar-refractivity contribution in [3.05, 3.63) is 34.6 Å². The van der Waals surface area contributed by atoms with Crippen molar-refractivity contribution in [1.29, 1.82) is 0 Å². The summed E-state index contributed by atoms with van der Waals surface area (Å²) in [4.78, 5) is 0. The van der Waals surface area contributed by atoms with Crippen LogP contribution in [0, 0.1) is 11.7 Å². The molecule has 0 aromatic heterocycles. The van der Waals surface area contributed by atoms with E-state index >= 15 is 0 Å². The molecule has 1 saturated carbocycles. The van der Waals surface area contributed by atoms with Crippen molar-refractivity contribution in [2.45, 2.75) is 57.9 Å². The Morgan fingerprint density at radius 2 is 2.05 bits per heavy atom. The molecule has 0 radical (unpaired) electrons. The molecule has 2 rings (SSSR count). The van der Waals surface area contributed by atoms with E-state index in [1.807, 2.05) is 6.07 Å². The fourth-order valence-corrected chi connectivity index (χ4v) is 3.44. The van der Waals surface area contributed by atoms with Crippen LogP contribution >= 0.6 is 11.6 Å². The average Bonchev–Trinajstić information content (AvgIpc) is 2.65. The lowest BCUT2D eigenvalue weighted by Gasteiger charge is -2.26. The van der Waals surface area contributed by atoms with Gasteiger partial charge in [0.1, 0.15) is 5.82 Å². The van der Waals surface area contributed by atoms with Crippen molar-refractivity contribution in [2.75, 3.05) is 6.54 Å². The lowest BCUT2D eigenvalue weighted by Crippen LogP contribution is -2.37. The van der Waals surface area contributed by atoms with E-state index < -0.39 is 0 Å². The number of hydrogen-bond donors (Lipinski definition) is 1. The zero-order valence-corrected chi connectivity index (χ0v) is 13.1. The second-order valence-electron chi connectivity index (χ2n) is 5.90. The smallest absolute Gasteiger partial charge is 0.124 e. The lowest BCUT2D eigenvalue weighted by atomic mass is 9.88. The third-order valence-corrected chi connectivity index (χ3v) is 4.66. The highest BCUT2D eigenvalue weighted by Crippen LogP contribution is 2.29. The first-order valence-electron chi connectivity index (χ1n) is 7.88. The van der Waals surface area contributed by atoms with Crippen molar-refractivity contribution in [3.8, 4) is 0 Å². The van der Waals surface area contributed by atoms with Gasteiger partial charge in [0.15, 0.2) is 0 Å². The molecule has 1 N–H and O–H groups in total. The first-order chi connectivity index (χ1) is 9.70. The first-order valence-corrected chi connectivity index (χ1v) is 8.25. The molecule has 0 spiro atoms. The fraction of sp³-hybridized carbons (Fsp3) is 0.647. The molecule has 1 nitrogen and oxygen atoms in total. The highest BCUT2D eigenvalue weighted by Gasteiger charge is 2.24. The van der Waals surface area contributed by atoms with E-state index in [9.17, 15) is 4.39 Å². The molecule has 20 heavy (non-hydrogen) atoms. The van der Waals surface area contributed by atoms with Crippen LogP contribution in [0.5, 0.6) is 0 Å². The van der Waals surface area contributed by atoms with Crippen LogP contribution in [0.15, 0.2) is 18.2 Å². The molecule has 0 saturated heterocycles. The van der Waals surface area contributed by atoms with Crippen LogP contribution in [0.2, 0.25) is 5.02 Å². The van der Waals surface area contributed by atoms with Crippen LogP contribution in [0.4, 0.5) is 4.39 Å². The van der Waals surface area contributed by atoms with Crippen molar-refractivity contribution < 1.29 is 4.39 Å². The summed E-state index contributed by atoms with van der Waals surface area (Å²) in [5.74, 6) is 0.368. The van der Waals surface area contributed by atoms with E-state index in [1.165, 1.54) is 50.7 Å². The highest BCUT2D eigenvalue weighted by molar-refractivity contribution is 6.31. The van der Waals surface area contributed by atoms with Gasteiger partial charge in [0.2, 0.25) is 0 Å². The van der Waals surface area contributed by atoms with E-state index in [4.69, 9.17) is 11.6 Å². The molecular formula is C17H25ClFN. The molecule has 2 atom stereocenters. The Balaban J connectivity index is 2.06. The summed E-state index contributed by atoms with van der Waals surface area (Å²) in [6, 6.07) is 5.38. The van der Waals surface area contributed by atoms with Crippen LogP contribution in [0.3, 0.4) is 0 Å². The molecule has 1 aromatic rings. The van der Waals surface area contributed by atoms with Crippen LogP contribution in [-0.2, 0) is 6.42 Å². The molecule has 0 heterocycles. The molecule has 112 valence electrons. The number of nitrogens with one attached hydrogen (secondary N) is 1. The molecule has 0 aliphatic heterocycles. The van der Waals surface area contributed by atoms with E-state index in [1.54, 1.807) is 0 Å². The van der Waals surface area contributed by atoms with Gasteiger partial charge in [-0.05, 0) is 55.8 Å². The molecule has 1 aliphatic rings. The maximum atomic E-state index is 13.1. The van der Waals surface area contributed by atoms with Gasteiger partial charge in [0.05, 0.1) is 0 Å². The average molecular weight is 298 g/mol. The summed E-state index contributed by atoms with van der Waals surface area (Å²) in [6.07, 6.45) is 8.57. The van der Waals surface area contributed by atoms with Gasteiger partial charge in [-0.1, -0.05) is 43.9 Å². The van der Waals surface area contributed by atoms with Crippen LogP contribution in [0.1, 0.15) is 51.0 Å². The number of rotatable bonds is 5. The van der Waals surface area contributed by atoms with Gasteiger partial charge in [-0.15, -0.1) is 0 Å².